The first kappa shape index (κ1) is 20.3. The van der Waals surface area contributed by atoms with E-state index in [1.54, 1.807) is 0 Å². The molecule has 0 amide bonds. The predicted molar refractivity (Wildman–Crippen MR) is 119 cm³/mol. The van der Waals surface area contributed by atoms with Crippen molar-refractivity contribution in [3.8, 4) is 0 Å². The number of rotatable bonds is 15. The molecule has 4 aliphatic heterocycles. The zero-order valence-electron chi connectivity index (χ0n) is 15.8. The van der Waals surface area contributed by atoms with Crippen LogP contribution in [0.2, 0.25) is 0 Å². The molecular weight excluding hydrogens is 402 g/mol. The first-order valence-electron chi connectivity index (χ1n) is 10.3. The van der Waals surface area contributed by atoms with Crippen LogP contribution < -0.4 is 10.2 Å². The quantitative estimate of drug-likeness (QED) is 0.230. The maximum atomic E-state index is 5.93. The molecule has 4 saturated heterocycles. The van der Waals surface area contributed by atoms with Crippen LogP contribution in [0.5, 0.6) is 0 Å². The van der Waals surface area contributed by atoms with E-state index in [2.05, 4.69) is 28.9 Å². The molecule has 0 spiro atoms. The summed E-state index contributed by atoms with van der Waals surface area (Å²) in [7, 11) is 0. The average molecular weight is 437 g/mol. The van der Waals surface area contributed by atoms with Crippen molar-refractivity contribution in [2.75, 3.05) is 65.4 Å². The molecular formula is C16H34N6P2S2. The summed E-state index contributed by atoms with van der Waals surface area (Å²) in [5.74, 6) is 0. The van der Waals surface area contributed by atoms with E-state index < -0.39 is 13.0 Å². The molecule has 0 aromatic heterocycles. The number of unbranched alkanes of at least 4 members (excludes halogenated alkanes) is 5. The first-order chi connectivity index (χ1) is 12.6. The molecule has 4 aliphatic rings. The van der Waals surface area contributed by atoms with E-state index >= 15 is 0 Å². The molecule has 0 radical (unpaired) electrons. The largest absolute Gasteiger partial charge is 0.265 e. The molecule has 0 aliphatic carbocycles. The van der Waals surface area contributed by atoms with E-state index in [4.69, 9.17) is 23.6 Å². The van der Waals surface area contributed by atoms with Gasteiger partial charge in [0.2, 0.25) is 0 Å². The van der Waals surface area contributed by atoms with Crippen LogP contribution in [0.4, 0.5) is 0 Å². The molecule has 150 valence electrons. The van der Waals surface area contributed by atoms with Crippen molar-refractivity contribution in [2.24, 2.45) is 0 Å². The van der Waals surface area contributed by atoms with Gasteiger partial charge in [0.1, 0.15) is 13.0 Å². The Hall–Kier alpha value is 1.06. The van der Waals surface area contributed by atoms with Crippen molar-refractivity contribution >= 4 is 36.6 Å². The van der Waals surface area contributed by atoms with Crippen molar-refractivity contribution < 1.29 is 0 Å². The van der Waals surface area contributed by atoms with Crippen molar-refractivity contribution in [1.82, 2.24) is 28.9 Å². The van der Waals surface area contributed by atoms with Crippen LogP contribution in [0.25, 0.3) is 0 Å². The molecule has 4 rings (SSSR count). The number of hydrogen-bond acceptors (Lipinski definition) is 2. The molecule has 0 atom stereocenters. The van der Waals surface area contributed by atoms with Crippen molar-refractivity contribution in [3.63, 3.8) is 0 Å². The molecule has 0 aromatic carbocycles. The van der Waals surface area contributed by atoms with Gasteiger partial charge in [0.05, 0.1) is 0 Å². The van der Waals surface area contributed by atoms with Gasteiger partial charge in [0, 0.05) is 65.4 Å². The highest BCUT2D eigenvalue weighted by molar-refractivity contribution is 8.11. The summed E-state index contributed by atoms with van der Waals surface area (Å²) in [6, 6.07) is 0. The van der Waals surface area contributed by atoms with E-state index in [9.17, 15) is 0 Å². The van der Waals surface area contributed by atoms with Crippen LogP contribution >= 0.6 is 13.0 Å². The summed E-state index contributed by atoms with van der Waals surface area (Å²) < 4.78 is 9.89. The smallest absolute Gasteiger partial charge is 0.143 e. The van der Waals surface area contributed by atoms with Gasteiger partial charge >= 0.3 is 0 Å². The van der Waals surface area contributed by atoms with Crippen LogP contribution in [0, 0.1) is 0 Å². The standard InChI is InChI=1S/C16H34N6P2S2/c25-23(19-9-10-19,20-11-12-20)17-7-5-3-1-2-4-6-8-18-24(26,21-13-14-21)22-15-16-22/h1-16H2,(H,17,25)(H,18,26). The lowest BCUT2D eigenvalue weighted by atomic mass is 10.1. The second-order valence-electron chi connectivity index (χ2n) is 7.84. The lowest BCUT2D eigenvalue weighted by Crippen LogP contribution is -2.22. The van der Waals surface area contributed by atoms with Crippen LogP contribution in [-0.4, -0.2) is 84.1 Å². The molecule has 6 nitrogen and oxygen atoms in total. The van der Waals surface area contributed by atoms with Gasteiger partial charge in [-0.3, -0.25) is 10.2 Å². The van der Waals surface area contributed by atoms with Crippen LogP contribution in [0.15, 0.2) is 0 Å². The summed E-state index contributed by atoms with van der Waals surface area (Å²) >= 11 is 11.9. The minimum Gasteiger partial charge on any atom is -0.265 e. The Balaban J connectivity index is 0.996. The Kier molecular flexibility index (Phi) is 6.90. The second kappa shape index (κ2) is 8.83. The Morgan fingerprint density at radius 1 is 0.500 bits per heavy atom. The van der Waals surface area contributed by atoms with E-state index in [1.807, 2.05) is 0 Å². The monoisotopic (exact) mass is 436 g/mol. The minimum absolute atomic E-state index is 1.10. The Morgan fingerprint density at radius 2 is 0.769 bits per heavy atom. The third-order valence-electron chi connectivity index (χ3n) is 5.47. The first-order valence-corrected chi connectivity index (χ1v) is 15.8. The van der Waals surface area contributed by atoms with E-state index in [-0.39, 0.29) is 0 Å². The highest BCUT2D eigenvalue weighted by atomic mass is 32.5. The maximum Gasteiger partial charge on any atom is 0.143 e. The van der Waals surface area contributed by atoms with Crippen molar-refractivity contribution in [2.45, 2.75) is 38.5 Å². The normalized spacial score (nSPS) is 24.2. The van der Waals surface area contributed by atoms with Crippen LogP contribution in [0.3, 0.4) is 0 Å². The molecule has 4 heterocycles. The SMILES string of the molecule is S=P(NCCCCCCCCNP(=S)(N1CC1)N1CC1)(N1CC1)N1CC1. The van der Waals surface area contributed by atoms with Crippen molar-refractivity contribution in [3.05, 3.63) is 0 Å². The second-order valence-corrected chi connectivity index (χ2v) is 16.0. The Morgan fingerprint density at radius 3 is 1.04 bits per heavy atom. The van der Waals surface area contributed by atoms with Gasteiger partial charge in [-0.25, -0.2) is 18.7 Å². The number of nitrogens with one attached hydrogen (secondary N) is 2. The molecule has 26 heavy (non-hydrogen) atoms. The fourth-order valence-corrected chi connectivity index (χ4v) is 10.9. The summed E-state index contributed by atoms with van der Waals surface area (Å²) in [6.07, 6.45) is 7.89. The molecule has 4 fully saturated rings. The van der Waals surface area contributed by atoms with Gasteiger partial charge in [0.25, 0.3) is 0 Å². The van der Waals surface area contributed by atoms with Crippen LogP contribution in [0.1, 0.15) is 38.5 Å². The number of nitrogens with zero attached hydrogens (tertiary/aromatic N) is 4. The highest BCUT2D eigenvalue weighted by Gasteiger charge is 2.44. The molecule has 10 heteroatoms. The maximum absolute atomic E-state index is 5.93. The summed E-state index contributed by atoms with van der Waals surface area (Å²) in [4.78, 5) is 0. The van der Waals surface area contributed by atoms with E-state index in [0.717, 1.165) is 13.1 Å². The van der Waals surface area contributed by atoms with E-state index in [1.165, 1.54) is 90.9 Å². The average Bonchev–Trinajstić information content (AvgIpc) is 3.52. The predicted octanol–water partition coefficient (Wildman–Crippen LogP) is 2.22. The van der Waals surface area contributed by atoms with Gasteiger partial charge in [-0.05, 0) is 36.5 Å². The molecule has 0 saturated carbocycles. The third kappa shape index (κ3) is 5.35. The lowest BCUT2D eigenvalue weighted by molar-refractivity contribution is 0.583. The zero-order valence-corrected chi connectivity index (χ0v) is 19.2. The molecule has 0 aromatic rings. The van der Waals surface area contributed by atoms with Crippen LogP contribution in [-0.2, 0) is 23.6 Å². The van der Waals surface area contributed by atoms with E-state index in [0.29, 0.717) is 0 Å². The highest BCUT2D eigenvalue weighted by Crippen LogP contribution is 2.57. The van der Waals surface area contributed by atoms with Gasteiger partial charge in [0.15, 0.2) is 0 Å². The topological polar surface area (TPSA) is 36.1 Å². The zero-order chi connectivity index (χ0) is 18.0. The minimum atomic E-state index is -1.51. The third-order valence-corrected chi connectivity index (χ3v) is 15.0. The fraction of sp³-hybridized carbons (Fsp3) is 1.00. The molecule has 0 unspecified atom stereocenters. The fourth-order valence-electron chi connectivity index (χ4n) is 3.43. The van der Waals surface area contributed by atoms with Gasteiger partial charge in [-0.2, -0.15) is 0 Å². The summed E-state index contributed by atoms with van der Waals surface area (Å²) in [6.45, 7) is 8.83. The Bertz CT molecular complexity index is 493. The molecule has 2 N–H and O–H groups in total. The number of hydrogen-bond donors (Lipinski definition) is 2. The van der Waals surface area contributed by atoms with Gasteiger partial charge < -0.3 is 0 Å². The molecule has 0 bridgehead atoms. The van der Waals surface area contributed by atoms with Gasteiger partial charge in [-0.1, -0.05) is 25.7 Å². The summed E-state index contributed by atoms with van der Waals surface area (Å²) in [5, 5.41) is 7.46. The lowest BCUT2D eigenvalue weighted by Gasteiger charge is -2.25. The van der Waals surface area contributed by atoms with Gasteiger partial charge in [-0.15, -0.1) is 0 Å². The Labute approximate surface area is 169 Å². The summed E-state index contributed by atoms with van der Waals surface area (Å²) in [5.41, 5.74) is 0. The van der Waals surface area contributed by atoms with Crippen molar-refractivity contribution in [1.29, 1.82) is 0 Å².